The van der Waals surface area contributed by atoms with Crippen molar-refractivity contribution in [2.75, 3.05) is 51.6 Å². The van der Waals surface area contributed by atoms with Crippen LogP contribution in [-0.2, 0) is 23.2 Å². The second-order valence-corrected chi connectivity index (χ2v) is 12.9. The molecule has 0 amide bonds. The summed E-state index contributed by atoms with van der Waals surface area (Å²) in [6, 6.07) is 10.4. The minimum Gasteiger partial charge on any atom is -0.494 e. The Morgan fingerprint density at radius 3 is 2.71 bits per heavy atom. The Kier molecular flexibility index (Phi) is 8.89. The number of nitrogens with one attached hydrogen (secondary N) is 1. The van der Waals surface area contributed by atoms with Crippen LogP contribution in [0.3, 0.4) is 0 Å². The third-order valence-electron chi connectivity index (χ3n) is 9.23. The summed E-state index contributed by atoms with van der Waals surface area (Å²) in [6.45, 7) is 14.4. The molecule has 248 valence electrons. The molecule has 0 unspecified atom stereocenters. The number of hydrogen-bond acceptors (Lipinski definition) is 10. The van der Waals surface area contributed by atoms with Crippen molar-refractivity contribution in [3.8, 4) is 28.5 Å². The van der Waals surface area contributed by atoms with E-state index in [-0.39, 0.29) is 5.78 Å². The van der Waals surface area contributed by atoms with Crippen LogP contribution in [0.25, 0.3) is 33.6 Å². The average Bonchev–Trinajstić information content (AvgIpc) is 3.76. The summed E-state index contributed by atoms with van der Waals surface area (Å²) in [6.07, 6.45) is 8.59. The highest BCUT2D eigenvalue weighted by Gasteiger charge is 2.33. The van der Waals surface area contributed by atoms with Gasteiger partial charge < -0.3 is 28.8 Å². The zero-order valence-corrected chi connectivity index (χ0v) is 28.5. The molecule has 11 heteroatoms. The summed E-state index contributed by atoms with van der Waals surface area (Å²) < 4.78 is 13.9. The number of methoxy groups -OCH3 is 1. The summed E-state index contributed by atoms with van der Waals surface area (Å²) in [5, 5.41) is 12.6. The molecule has 1 aliphatic heterocycles. The van der Waals surface area contributed by atoms with E-state index >= 15 is 0 Å². The standard InChI is InChI=1S/C37H42N8O3/c1-9-31(46)23(2)37(3,4)28-18-29(32(47-8)19-30(28)44(7)17-16-43(5)6)40-36-38-20-26(35-42-39-22-48-35)33(41-36)27-21-45-15-11-13-24-12-10-14-25(27)34(24)45/h9-10,12,14,18-22H,1-2,11,13,15-17H2,3-8H3,(H,38,40,41). The number of carbonyl (C=O) groups is 1. The number of allylic oxidation sites excluding steroid dienone is 2. The number of carbonyl (C=O) groups excluding carboxylic acids is 1. The number of aromatic nitrogens is 5. The molecule has 0 saturated carbocycles. The fourth-order valence-corrected chi connectivity index (χ4v) is 6.38. The maximum atomic E-state index is 12.9. The number of ketones is 1. The van der Waals surface area contributed by atoms with Gasteiger partial charge in [-0.05, 0) is 50.2 Å². The first-order valence-corrected chi connectivity index (χ1v) is 16.0. The van der Waals surface area contributed by atoms with Crippen molar-refractivity contribution in [1.82, 2.24) is 29.6 Å². The Morgan fingerprint density at radius 2 is 2.00 bits per heavy atom. The van der Waals surface area contributed by atoms with Crippen LogP contribution < -0.4 is 15.0 Å². The van der Waals surface area contributed by atoms with Gasteiger partial charge in [-0.3, -0.25) is 4.79 Å². The van der Waals surface area contributed by atoms with E-state index in [1.54, 1.807) is 13.3 Å². The van der Waals surface area contributed by atoms with Crippen molar-refractivity contribution in [2.45, 2.75) is 38.6 Å². The molecule has 11 nitrogen and oxygen atoms in total. The van der Waals surface area contributed by atoms with Crippen molar-refractivity contribution in [3.05, 3.63) is 85.1 Å². The summed E-state index contributed by atoms with van der Waals surface area (Å²) in [7, 11) is 7.75. The normalized spacial score (nSPS) is 12.7. The minimum atomic E-state index is -0.741. The zero-order valence-electron chi connectivity index (χ0n) is 28.5. The molecular weight excluding hydrogens is 604 g/mol. The van der Waals surface area contributed by atoms with Crippen molar-refractivity contribution in [1.29, 1.82) is 0 Å². The van der Waals surface area contributed by atoms with Gasteiger partial charge in [0.15, 0.2) is 5.78 Å². The smallest absolute Gasteiger partial charge is 0.251 e. The number of nitrogens with zero attached hydrogens (tertiary/aromatic N) is 7. The lowest BCUT2D eigenvalue weighted by Crippen LogP contribution is -2.32. The lowest BCUT2D eigenvalue weighted by Gasteiger charge is -2.34. The van der Waals surface area contributed by atoms with Crippen LogP contribution in [0.4, 0.5) is 17.3 Å². The van der Waals surface area contributed by atoms with Gasteiger partial charge in [-0.25, -0.2) is 9.97 Å². The monoisotopic (exact) mass is 646 g/mol. The van der Waals surface area contributed by atoms with Crippen LogP contribution >= 0.6 is 0 Å². The largest absolute Gasteiger partial charge is 0.494 e. The van der Waals surface area contributed by atoms with Gasteiger partial charge in [-0.1, -0.05) is 45.2 Å². The van der Waals surface area contributed by atoms with Crippen LogP contribution in [0.2, 0.25) is 0 Å². The number of rotatable bonds is 13. The van der Waals surface area contributed by atoms with Crippen LogP contribution in [0.5, 0.6) is 5.75 Å². The predicted octanol–water partition coefficient (Wildman–Crippen LogP) is 6.43. The number of aryl methyl sites for hydroxylation is 2. The van der Waals surface area contributed by atoms with E-state index in [9.17, 15) is 4.79 Å². The fraction of sp³-hybridized carbons (Fsp3) is 0.324. The van der Waals surface area contributed by atoms with E-state index in [1.807, 2.05) is 47.1 Å². The van der Waals surface area contributed by atoms with Gasteiger partial charge in [0.05, 0.1) is 29.6 Å². The summed E-state index contributed by atoms with van der Waals surface area (Å²) in [5.74, 6) is 1.08. The third-order valence-corrected chi connectivity index (χ3v) is 9.23. The van der Waals surface area contributed by atoms with Crippen LogP contribution in [-0.4, -0.2) is 76.8 Å². The lowest BCUT2D eigenvalue weighted by molar-refractivity contribution is -0.111. The first kappa shape index (κ1) is 32.6. The fourth-order valence-electron chi connectivity index (χ4n) is 6.38. The molecule has 48 heavy (non-hydrogen) atoms. The first-order chi connectivity index (χ1) is 23.0. The van der Waals surface area contributed by atoms with E-state index in [0.29, 0.717) is 40.1 Å². The first-order valence-electron chi connectivity index (χ1n) is 16.0. The lowest BCUT2D eigenvalue weighted by atomic mass is 9.75. The van der Waals surface area contributed by atoms with Gasteiger partial charge >= 0.3 is 0 Å². The third kappa shape index (κ3) is 5.97. The number of anilines is 3. The van der Waals surface area contributed by atoms with E-state index in [2.05, 4.69) is 67.4 Å². The Hall–Kier alpha value is -5.29. The molecule has 0 fully saturated rings. The molecule has 6 rings (SSSR count). The van der Waals surface area contributed by atoms with Gasteiger partial charge in [0.2, 0.25) is 12.3 Å². The highest BCUT2D eigenvalue weighted by molar-refractivity contribution is 6.05. The van der Waals surface area contributed by atoms with Gasteiger partial charge in [0.1, 0.15) is 5.75 Å². The number of likely N-dealkylation sites (N-methyl/N-ethyl adjacent to an activating group) is 2. The Labute approximate surface area is 281 Å². The molecule has 0 spiro atoms. The maximum absolute atomic E-state index is 12.9. The zero-order chi connectivity index (χ0) is 34.2. The van der Waals surface area contributed by atoms with E-state index < -0.39 is 5.41 Å². The van der Waals surface area contributed by atoms with Crippen molar-refractivity contribution in [2.24, 2.45) is 0 Å². The van der Waals surface area contributed by atoms with E-state index in [0.717, 1.165) is 54.7 Å². The van der Waals surface area contributed by atoms with Gasteiger partial charge in [-0.15, -0.1) is 10.2 Å². The molecule has 0 bridgehead atoms. The van der Waals surface area contributed by atoms with Gasteiger partial charge in [-0.2, -0.15) is 0 Å². The van der Waals surface area contributed by atoms with Crippen LogP contribution in [0.1, 0.15) is 31.4 Å². The number of hydrogen-bond donors (Lipinski definition) is 1. The molecule has 3 aromatic heterocycles. The maximum Gasteiger partial charge on any atom is 0.251 e. The SMILES string of the molecule is C=CC(=O)C(=C)C(C)(C)c1cc(Nc2ncc(-c3nnco3)c(-c3cn4c5c(cccc35)CCC4)n2)c(OC)cc1N(C)CCN(C)C. The highest BCUT2D eigenvalue weighted by atomic mass is 16.5. The molecule has 1 N–H and O–H groups in total. The van der Waals surface area contributed by atoms with Gasteiger partial charge in [0.25, 0.3) is 5.89 Å². The summed E-state index contributed by atoms with van der Waals surface area (Å²) in [5.41, 5.74) is 6.96. The minimum absolute atomic E-state index is 0.205. The highest BCUT2D eigenvalue weighted by Crippen LogP contribution is 2.44. The van der Waals surface area contributed by atoms with Crippen molar-refractivity contribution >= 4 is 34.0 Å². The Morgan fingerprint density at radius 1 is 1.19 bits per heavy atom. The molecule has 5 aromatic rings. The number of ether oxygens (including phenoxy) is 1. The van der Waals surface area contributed by atoms with Crippen molar-refractivity contribution in [3.63, 3.8) is 0 Å². The molecule has 0 radical (unpaired) electrons. The number of benzene rings is 2. The van der Waals surface area contributed by atoms with Crippen LogP contribution in [0.15, 0.2) is 78.3 Å². The Bertz CT molecular complexity index is 2010. The Balaban J connectivity index is 1.49. The summed E-state index contributed by atoms with van der Waals surface area (Å²) >= 11 is 0. The van der Waals surface area contributed by atoms with E-state index in [1.165, 1.54) is 23.5 Å². The molecule has 1 aliphatic rings. The summed E-state index contributed by atoms with van der Waals surface area (Å²) in [4.78, 5) is 26.9. The molecule has 0 atom stereocenters. The van der Waals surface area contributed by atoms with Crippen molar-refractivity contribution < 1.29 is 13.9 Å². The van der Waals surface area contributed by atoms with Crippen LogP contribution in [0, 0.1) is 0 Å². The molecule has 4 heterocycles. The second kappa shape index (κ2) is 13.1. The second-order valence-electron chi connectivity index (χ2n) is 12.9. The van der Waals surface area contributed by atoms with E-state index in [4.69, 9.17) is 19.1 Å². The predicted molar refractivity (Wildman–Crippen MR) is 190 cm³/mol. The molecular formula is C37H42N8O3. The molecule has 0 aliphatic carbocycles. The molecule has 2 aromatic carbocycles. The quantitative estimate of drug-likeness (QED) is 0.144. The topological polar surface area (TPSA) is 114 Å². The average molecular weight is 647 g/mol. The number of para-hydroxylation sites is 1. The van der Waals surface area contributed by atoms with Gasteiger partial charge in [0, 0.05) is 72.8 Å². The molecule has 0 saturated heterocycles.